The van der Waals surface area contributed by atoms with Gasteiger partial charge in [0, 0.05) is 12.6 Å². The predicted octanol–water partition coefficient (Wildman–Crippen LogP) is 0.999. The van der Waals surface area contributed by atoms with E-state index in [4.69, 9.17) is 0 Å². The van der Waals surface area contributed by atoms with Gasteiger partial charge in [-0.2, -0.15) is 0 Å². The molecule has 0 bridgehead atoms. The van der Waals surface area contributed by atoms with Crippen molar-refractivity contribution in [1.29, 1.82) is 0 Å². The Hall–Kier alpha value is -0.770. The van der Waals surface area contributed by atoms with Crippen LogP contribution in [0.3, 0.4) is 0 Å². The van der Waals surface area contributed by atoms with E-state index in [1.54, 1.807) is 0 Å². The van der Waals surface area contributed by atoms with Gasteiger partial charge in [0.1, 0.15) is 0 Å². The molecule has 2 rings (SSSR count). The molecule has 4 heteroatoms. The number of hydrogen-bond acceptors (Lipinski definition) is 2. The van der Waals surface area contributed by atoms with Crippen molar-refractivity contribution in [3.63, 3.8) is 0 Å². The molecular formula is C11H20N2O2. The first-order chi connectivity index (χ1) is 7.25. The van der Waals surface area contributed by atoms with Crippen LogP contribution < -0.4 is 10.6 Å². The lowest BCUT2D eigenvalue weighted by molar-refractivity contribution is 0.149. The number of hydrogen-bond donors (Lipinski definition) is 3. The second-order valence-corrected chi connectivity index (χ2v) is 4.74. The molecule has 4 nitrogen and oxygen atoms in total. The van der Waals surface area contributed by atoms with Gasteiger partial charge in [-0.3, -0.25) is 0 Å². The number of aliphatic hydroxyl groups excluding tert-OH is 1. The molecular weight excluding hydrogens is 192 g/mol. The molecule has 3 N–H and O–H groups in total. The van der Waals surface area contributed by atoms with Crippen LogP contribution in [-0.4, -0.2) is 29.8 Å². The summed E-state index contributed by atoms with van der Waals surface area (Å²) < 4.78 is 0. The van der Waals surface area contributed by atoms with E-state index in [1.165, 1.54) is 12.8 Å². The number of aliphatic hydroxyl groups is 1. The van der Waals surface area contributed by atoms with Crippen molar-refractivity contribution >= 4 is 6.03 Å². The second-order valence-electron chi connectivity index (χ2n) is 4.74. The zero-order valence-electron chi connectivity index (χ0n) is 9.04. The maximum Gasteiger partial charge on any atom is 0.315 e. The zero-order valence-corrected chi connectivity index (χ0v) is 9.04. The summed E-state index contributed by atoms with van der Waals surface area (Å²) in [7, 11) is 0. The first kappa shape index (κ1) is 10.7. The molecule has 0 spiro atoms. The van der Waals surface area contributed by atoms with Crippen molar-refractivity contribution < 1.29 is 9.90 Å². The molecule has 0 radical (unpaired) electrons. The minimum atomic E-state index is -0.348. The third-order valence-corrected chi connectivity index (χ3v) is 3.33. The summed E-state index contributed by atoms with van der Waals surface area (Å²) in [6.45, 7) is 0.392. The van der Waals surface area contributed by atoms with Crippen molar-refractivity contribution in [2.45, 2.75) is 50.7 Å². The highest BCUT2D eigenvalue weighted by atomic mass is 16.3. The summed E-state index contributed by atoms with van der Waals surface area (Å²) in [4.78, 5) is 11.4. The summed E-state index contributed by atoms with van der Waals surface area (Å²) in [5.74, 6) is 0.428. The number of carbonyl (C=O) groups excluding carboxylic acids is 1. The Morgan fingerprint density at radius 3 is 2.53 bits per heavy atom. The molecule has 2 saturated carbocycles. The Morgan fingerprint density at radius 1 is 1.27 bits per heavy atom. The van der Waals surface area contributed by atoms with E-state index in [9.17, 15) is 9.90 Å². The van der Waals surface area contributed by atoms with Crippen LogP contribution in [0.1, 0.15) is 38.5 Å². The molecule has 1 unspecified atom stereocenters. The van der Waals surface area contributed by atoms with Gasteiger partial charge in [-0.1, -0.05) is 12.8 Å². The topological polar surface area (TPSA) is 61.4 Å². The van der Waals surface area contributed by atoms with Gasteiger partial charge >= 0.3 is 6.03 Å². The Labute approximate surface area is 90.4 Å². The van der Waals surface area contributed by atoms with Crippen LogP contribution in [0.4, 0.5) is 4.79 Å². The van der Waals surface area contributed by atoms with Crippen LogP contribution >= 0.6 is 0 Å². The largest absolute Gasteiger partial charge is 0.391 e. The first-order valence-corrected chi connectivity index (χ1v) is 5.98. The molecule has 0 saturated heterocycles. The Bertz CT molecular complexity index is 223. The van der Waals surface area contributed by atoms with E-state index in [0.29, 0.717) is 18.5 Å². The van der Waals surface area contributed by atoms with Gasteiger partial charge in [-0.25, -0.2) is 4.79 Å². The monoisotopic (exact) mass is 212 g/mol. The molecule has 86 valence electrons. The van der Waals surface area contributed by atoms with E-state index in [2.05, 4.69) is 10.6 Å². The van der Waals surface area contributed by atoms with Gasteiger partial charge in [0.15, 0.2) is 0 Å². The van der Waals surface area contributed by atoms with Crippen molar-refractivity contribution in [1.82, 2.24) is 10.6 Å². The SMILES string of the molecule is O=C(NCC(O)C1CC1)NC1CCCC1. The van der Waals surface area contributed by atoms with Crippen molar-refractivity contribution in [3.8, 4) is 0 Å². The molecule has 1 atom stereocenters. The van der Waals surface area contributed by atoms with E-state index in [-0.39, 0.29) is 12.1 Å². The van der Waals surface area contributed by atoms with Crippen molar-refractivity contribution in [3.05, 3.63) is 0 Å². The molecule has 0 aromatic carbocycles. The molecule has 0 heterocycles. The lowest BCUT2D eigenvalue weighted by Gasteiger charge is -2.15. The predicted molar refractivity (Wildman–Crippen MR) is 57.5 cm³/mol. The molecule has 0 aliphatic heterocycles. The van der Waals surface area contributed by atoms with Crippen LogP contribution in [-0.2, 0) is 0 Å². The lowest BCUT2D eigenvalue weighted by Crippen LogP contribution is -2.43. The molecule has 2 amide bonds. The number of urea groups is 1. The summed E-state index contributed by atoms with van der Waals surface area (Å²) >= 11 is 0. The standard InChI is InChI=1S/C11H20N2O2/c14-10(8-5-6-8)7-12-11(15)13-9-3-1-2-4-9/h8-10,14H,1-7H2,(H2,12,13,15). The Balaban J connectivity index is 1.59. The number of nitrogens with one attached hydrogen (secondary N) is 2. The second kappa shape index (κ2) is 4.84. The maximum atomic E-state index is 11.4. The van der Waals surface area contributed by atoms with Crippen molar-refractivity contribution in [2.75, 3.05) is 6.54 Å². The van der Waals surface area contributed by atoms with Crippen LogP contribution in [0.2, 0.25) is 0 Å². The number of rotatable bonds is 4. The molecule has 0 aromatic rings. The molecule has 2 aliphatic carbocycles. The Kier molecular flexibility index (Phi) is 3.46. The van der Waals surface area contributed by atoms with Crippen LogP contribution in [0.25, 0.3) is 0 Å². The van der Waals surface area contributed by atoms with E-state index in [1.807, 2.05) is 0 Å². The molecule has 15 heavy (non-hydrogen) atoms. The minimum Gasteiger partial charge on any atom is -0.391 e. The fraction of sp³-hybridized carbons (Fsp3) is 0.909. The third-order valence-electron chi connectivity index (χ3n) is 3.33. The first-order valence-electron chi connectivity index (χ1n) is 5.98. The van der Waals surface area contributed by atoms with Gasteiger partial charge in [-0.05, 0) is 31.6 Å². The van der Waals surface area contributed by atoms with E-state index in [0.717, 1.165) is 25.7 Å². The molecule has 2 fully saturated rings. The molecule has 0 aromatic heterocycles. The zero-order chi connectivity index (χ0) is 10.7. The normalized spacial score (nSPS) is 23.8. The van der Waals surface area contributed by atoms with Crippen LogP contribution in [0.15, 0.2) is 0 Å². The van der Waals surface area contributed by atoms with E-state index < -0.39 is 0 Å². The highest BCUT2D eigenvalue weighted by Gasteiger charge is 2.29. The Morgan fingerprint density at radius 2 is 1.93 bits per heavy atom. The smallest absolute Gasteiger partial charge is 0.315 e. The summed E-state index contributed by atoms with van der Waals surface area (Å²) in [5, 5.41) is 15.2. The average Bonchev–Trinajstić information content (AvgIpc) is 2.95. The minimum absolute atomic E-state index is 0.124. The molecule has 2 aliphatic rings. The van der Waals surface area contributed by atoms with Crippen LogP contribution in [0.5, 0.6) is 0 Å². The number of carbonyl (C=O) groups is 1. The van der Waals surface area contributed by atoms with Gasteiger partial charge in [0.05, 0.1) is 6.10 Å². The quantitative estimate of drug-likeness (QED) is 0.651. The average molecular weight is 212 g/mol. The fourth-order valence-electron chi connectivity index (χ4n) is 2.15. The highest BCUT2D eigenvalue weighted by Crippen LogP contribution is 2.32. The van der Waals surface area contributed by atoms with Crippen LogP contribution in [0, 0.1) is 5.92 Å². The fourth-order valence-corrected chi connectivity index (χ4v) is 2.15. The van der Waals surface area contributed by atoms with E-state index >= 15 is 0 Å². The summed E-state index contributed by atoms with van der Waals surface area (Å²) in [6, 6.07) is 0.227. The van der Waals surface area contributed by atoms with Crippen molar-refractivity contribution in [2.24, 2.45) is 5.92 Å². The maximum absolute atomic E-state index is 11.4. The summed E-state index contributed by atoms with van der Waals surface area (Å²) in [5.41, 5.74) is 0. The lowest BCUT2D eigenvalue weighted by atomic mass is 10.2. The number of amides is 2. The van der Waals surface area contributed by atoms with Gasteiger partial charge in [0.25, 0.3) is 0 Å². The van der Waals surface area contributed by atoms with Gasteiger partial charge in [0.2, 0.25) is 0 Å². The summed E-state index contributed by atoms with van der Waals surface area (Å²) in [6.07, 6.45) is 6.49. The van der Waals surface area contributed by atoms with Gasteiger partial charge in [-0.15, -0.1) is 0 Å². The van der Waals surface area contributed by atoms with Gasteiger partial charge < -0.3 is 15.7 Å². The highest BCUT2D eigenvalue weighted by molar-refractivity contribution is 5.74. The third kappa shape index (κ3) is 3.38.